The molecule has 1 aliphatic heterocycles. The van der Waals surface area contributed by atoms with E-state index in [0.717, 1.165) is 17.3 Å². The van der Waals surface area contributed by atoms with Crippen molar-refractivity contribution in [2.45, 2.75) is 31.8 Å². The smallest absolute Gasteiger partial charge is 0.229 e. The number of aromatic nitrogens is 2. The van der Waals surface area contributed by atoms with E-state index in [-0.39, 0.29) is 30.0 Å². The van der Waals surface area contributed by atoms with Gasteiger partial charge in [-0.3, -0.25) is 9.59 Å². The number of hydrogen-bond donors (Lipinski definition) is 1. The quantitative estimate of drug-likeness (QED) is 0.435. The number of carbonyl (C=O) groups is 2. The molecule has 6 rings (SSSR count). The summed E-state index contributed by atoms with van der Waals surface area (Å²) in [6.07, 6.45) is 2.66. The highest BCUT2D eigenvalue weighted by atomic mass is 19.1. The van der Waals surface area contributed by atoms with Gasteiger partial charge in [-0.15, -0.1) is 0 Å². The number of benzene rings is 3. The van der Waals surface area contributed by atoms with E-state index in [9.17, 15) is 18.4 Å². The van der Waals surface area contributed by atoms with E-state index in [1.54, 1.807) is 40.0 Å². The standard InChI is InChI=1S/C28H24F2N4O2/c1-16-11-23(16)28(36)32-24-14-26(35)33(27(24)17-3-2-4-20(30)12-17)22-9-10-25-18(13-22)15-31-34(25)21-7-5-19(29)6-8-21/h2-10,12-13,15-16,23-24,27H,11,14H2,1H3,(H,32,36). The van der Waals surface area contributed by atoms with E-state index in [4.69, 9.17) is 0 Å². The Kier molecular flexibility index (Phi) is 5.32. The molecule has 36 heavy (non-hydrogen) atoms. The van der Waals surface area contributed by atoms with Crippen molar-refractivity contribution in [2.24, 2.45) is 11.8 Å². The molecule has 8 heteroatoms. The van der Waals surface area contributed by atoms with Crippen molar-refractivity contribution in [1.82, 2.24) is 15.1 Å². The van der Waals surface area contributed by atoms with Gasteiger partial charge < -0.3 is 10.2 Å². The van der Waals surface area contributed by atoms with Crippen molar-refractivity contribution in [3.63, 3.8) is 0 Å². The minimum atomic E-state index is -0.546. The van der Waals surface area contributed by atoms with Gasteiger partial charge in [0, 0.05) is 23.4 Å². The van der Waals surface area contributed by atoms with Crippen molar-refractivity contribution in [2.75, 3.05) is 4.90 Å². The normalized spacial score (nSPS) is 23.3. The lowest BCUT2D eigenvalue weighted by Crippen LogP contribution is -2.40. The van der Waals surface area contributed by atoms with E-state index in [1.807, 2.05) is 25.1 Å². The number of hydrogen-bond acceptors (Lipinski definition) is 3. The van der Waals surface area contributed by atoms with E-state index in [1.165, 1.54) is 24.3 Å². The third-order valence-corrected chi connectivity index (χ3v) is 7.19. The molecule has 6 nitrogen and oxygen atoms in total. The van der Waals surface area contributed by atoms with Gasteiger partial charge in [-0.2, -0.15) is 5.10 Å². The summed E-state index contributed by atoms with van der Waals surface area (Å²) in [6, 6.07) is 16.7. The number of nitrogens with zero attached hydrogens (tertiary/aromatic N) is 3. The third kappa shape index (κ3) is 3.92. The third-order valence-electron chi connectivity index (χ3n) is 7.19. The molecule has 3 aromatic carbocycles. The van der Waals surface area contributed by atoms with Crippen LogP contribution in [-0.4, -0.2) is 27.6 Å². The first kappa shape index (κ1) is 22.4. The lowest BCUT2D eigenvalue weighted by atomic mass is 9.99. The highest BCUT2D eigenvalue weighted by Crippen LogP contribution is 2.41. The molecular formula is C28H24F2N4O2. The summed E-state index contributed by atoms with van der Waals surface area (Å²) in [5, 5.41) is 8.30. The molecule has 1 saturated carbocycles. The largest absolute Gasteiger partial charge is 0.350 e. The van der Waals surface area contributed by atoms with Crippen molar-refractivity contribution >= 4 is 28.4 Å². The van der Waals surface area contributed by atoms with Crippen LogP contribution in [0, 0.1) is 23.5 Å². The van der Waals surface area contributed by atoms with Crippen molar-refractivity contribution in [3.05, 3.63) is 90.1 Å². The highest BCUT2D eigenvalue weighted by molar-refractivity contribution is 6.00. The molecule has 4 aromatic rings. The Labute approximate surface area is 206 Å². The summed E-state index contributed by atoms with van der Waals surface area (Å²) in [5.41, 5.74) is 2.77. The second-order valence-electron chi connectivity index (χ2n) is 9.68. The van der Waals surface area contributed by atoms with Gasteiger partial charge in [-0.1, -0.05) is 19.1 Å². The predicted molar refractivity (Wildman–Crippen MR) is 131 cm³/mol. The average molecular weight is 487 g/mol. The Morgan fingerprint density at radius 1 is 1.00 bits per heavy atom. The molecule has 0 radical (unpaired) electrons. The van der Waals surface area contributed by atoms with E-state index in [2.05, 4.69) is 10.4 Å². The maximum absolute atomic E-state index is 14.2. The van der Waals surface area contributed by atoms with Crippen LogP contribution in [-0.2, 0) is 9.59 Å². The Morgan fingerprint density at radius 2 is 1.75 bits per heavy atom. The van der Waals surface area contributed by atoms with Crippen molar-refractivity contribution in [3.8, 4) is 5.69 Å². The number of nitrogens with one attached hydrogen (secondary N) is 1. The van der Waals surface area contributed by atoms with Gasteiger partial charge in [0.1, 0.15) is 11.6 Å². The predicted octanol–water partition coefficient (Wildman–Crippen LogP) is 4.92. The van der Waals surface area contributed by atoms with Gasteiger partial charge in [-0.25, -0.2) is 13.5 Å². The van der Waals surface area contributed by atoms with Crippen LogP contribution in [0.2, 0.25) is 0 Å². The zero-order valence-electron chi connectivity index (χ0n) is 19.6. The molecule has 2 heterocycles. The highest BCUT2D eigenvalue weighted by Gasteiger charge is 2.46. The summed E-state index contributed by atoms with van der Waals surface area (Å²) >= 11 is 0. The fraction of sp³-hybridized carbons (Fsp3) is 0.250. The van der Waals surface area contributed by atoms with Gasteiger partial charge in [0.2, 0.25) is 11.8 Å². The van der Waals surface area contributed by atoms with Crippen LogP contribution in [0.5, 0.6) is 0 Å². The molecule has 4 unspecified atom stereocenters. The zero-order valence-corrected chi connectivity index (χ0v) is 19.6. The summed E-state index contributed by atoms with van der Waals surface area (Å²) < 4.78 is 29.3. The molecule has 2 aliphatic rings. The van der Waals surface area contributed by atoms with Crippen LogP contribution >= 0.6 is 0 Å². The van der Waals surface area contributed by atoms with Gasteiger partial charge in [0.05, 0.1) is 29.5 Å². The first-order valence-corrected chi connectivity index (χ1v) is 12.0. The molecule has 182 valence electrons. The average Bonchev–Trinajstić information content (AvgIpc) is 3.31. The van der Waals surface area contributed by atoms with Gasteiger partial charge in [0.15, 0.2) is 0 Å². The number of rotatable bonds is 5. The molecule has 1 aromatic heterocycles. The maximum Gasteiger partial charge on any atom is 0.229 e. The Bertz CT molecular complexity index is 1480. The molecule has 0 bridgehead atoms. The lowest BCUT2D eigenvalue weighted by molar-refractivity contribution is -0.123. The van der Waals surface area contributed by atoms with Crippen LogP contribution in [0.4, 0.5) is 14.5 Å². The Morgan fingerprint density at radius 3 is 2.47 bits per heavy atom. The SMILES string of the molecule is CC1CC1C(=O)NC1CC(=O)N(c2ccc3c(cnn3-c3ccc(F)cc3)c2)C1c1cccc(F)c1. The monoisotopic (exact) mass is 486 g/mol. The van der Waals surface area contributed by atoms with E-state index < -0.39 is 17.9 Å². The van der Waals surface area contributed by atoms with Crippen molar-refractivity contribution in [1.29, 1.82) is 0 Å². The first-order valence-electron chi connectivity index (χ1n) is 12.0. The second-order valence-corrected chi connectivity index (χ2v) is 9.68. The second kappa shape index (κ2) is 8.55. The minimum absolute atomic E-state index is 0.0315. The molecule has 1 N–H and O–H groups in total. The van der Waals surface area contributed by atoms with E-state index in [0.29, 0.717) is 22.9 Å². The lowest BCUT2D eigenvalue weighted by Gasteiger charge is -2.29. The molecule has 4 atom stereocenters. The first-order chi connectivity index (χ1) is 17.4. The summed E-state index contributed by atoms with van der Waals surface area (Å²) in [6.45, 7) is 2.03. The van der Waals surface area contributed by atoms with Crippen LogP contribution in [0.3, 0.4) is 0 Å². The zero-order chi connectivity index (χ0) is 25.0. The van der Waals surface area contributed by atoms with Crippen LogP contribution in [0.25, 0.3) is 16.6 Å². The molecule has 1 aliphatic carbocycles. The summed E-state index contributed by atoms with van der Waals surface area (Å²) in [7, 11) is 0. The minimum Gasteiger partial charge on any atom is -0.350 e. The Balaban J connectivity index is 1.37. The van der Waals surface area contributed by atoms with Gasteiger partial charge in [0.25, 0.3) is 0 Å². The summed E-state index contributed by atoms with van der Waals surface area (Å²) in [5.74, 6) is -0.625. The van der Waals surface area contributed by atoms with Gasteiger partial charge in [-0.05, 0) is 72.5 Å². The van der Waals surface area contributed by atoms with Crippen LogP contribution in [0.15, 0.2) is 72.9 Å². The Hall–Kier alpha value is -4.07. The van der Waals surface area contributed by atoms with Crippen LogP contribution < -0.4 is 10.2 Å². The van der Waals surface area contributed by atoms with Crippen molar-refractivity contribution < 1.29 is 18.4 Å². The molecule has 2 fully saturated rings. The summed E-state index contributed by atoms with van der Waals surface area (Å²) in [4.78, 5) is 27.7. The maximum atomic E-state index is 14.2. The number of amides is 2. The number of carbonyl (C=O) groups excluding carboxylic acids is 2. The van der Waals surface area contributed by atoms with E-state index >= 15 is 0 Å². The molecule has 1 saturated heterocycles. The topological polar surface area (TPSA) is 67.2 Å². The fourth-order valence-electron chi connectivity index (χ4n) is 5.18. The fourth-order valence-corrected chi connectivity index (χ4v) is 5.18. The van der Waals surface area contributed by atoms with Crippen LogP contribution in [0.1, 0.15) is 31.4 Å². The number of anilines is 1. The number of fused-ring (bicyclic) bond motifs is 1. The molecule has 2 amide bonds. The molecule has 0 spiro atoms. The van der Waals surface area contributed by atoms with Gasteiger partial charge >= 0.3 is 0 Å². The number of halogens is 2. The molecular weight excluding hydrogens is 462 g/mol.